The van der Waals surface area contributed by atoms with Crippen LogP contribution in [-0.4, -0.2) is 11.8 Å². The third-order valence-corrected chi connectivity index (χ3v) is 2.69. The smallest absolute Gasteiger partial charge is 0.132 e. The lowest BCUT2D eigenvalue weighted by Crippen LogP contribution is -2.16. The third kappa shape index (κ3) is 11.6. The molecule has 0 spiro atoms. The Labute approximate surface area is 94.6 Å². The van der Waals surface area contributed by atoms with Gasteiger partial charge >= 0.3 is 0 Å². The van der Waals surface area contributed by atoms with Crippen LogP contribution in [0.15, 0.2) is 0 Å². The van der Waals surface area contributed by atoms with Crippen LogP contribution in [0.25, 0.3) is 0 Å². The molecule has 0 radical (unpaired) electrons. The summed E-state index contributed by atoms with van der Waals surface area (Å²) in [6, 6.07) is 0.165. The zero-order chi connectivity index (χ0) is 11.5. The molecule has 0 amide bonds. The van der Waals surface area contributed by atoms with E-state index in [1.165, 1.54) is 32.1 Å². The maximum Gasteiger partial charge on any atom is 0.132 e. The molecular weight excluding hydrogens is 186 g/mol. The number of nitrogens with two attached hydrogens (primary N) is 1. The molecule has 15 heavy (non-hydrogen) atoms. The van der Waals surface area contributed by atoms with Crippen LogP contribution in [0.3, 0.4) is 0 Å². The molecule has 0 aliphatic carbocycles. The standard InChI is InChI=1S/C13H27NO/c1-3-4-5-6-7-8-9-13(15)11-10-12(2)14/h12H,3-11,14H2,1-2H3. The summed E-state index contributed by atoms with van der Waals surface area (Å²) in [5.74, 6) is 0.391. The van der Waals surface area contributed by atoms with E-state index in [1.54, 1.807) is 0 Å². The Morgan fingerprint density at radius 1 is 1.07 bits per heavy atom. The molecule has 0 saturated carbocycles. The molecular formula is C13H27NO. The lowest BCUT2D eigenvalue weighted by Gasteiger charge is -2.04. The number of hydrogen-bond donors (Lipinski definition) is 1. The SMILES string of the molecule is CCCCCCCCC(=O)CCC(C)N. The highest BCUT2D eigenvalue weighted by Gasteiger charge is 2.03. The van der Waals surface area contributed by atoms with Crippen molar-refractivity contribution in [2.75, 3.05) is 0 Å². The van der Waals surface area contributed by atoms with E-state index in [9.17, 15) is 4.79 Å². The molecule has 0 aliphatic rings. The second-order valence-corrected chi connectivity index (χ2v) is 4.57. The van der Waals surface area contributed by atoms with Gasteiger partial charge in [-0.3, -0.25) is 4.79 Å². The predicted molar refractivity (Wildman–Crippen MR) is 65.9 cm³/mol. The maximum absolute atomic E-state index is 11.4. The summed E-state index contributed by atoms with van der Waals surface area (Å²) >= 11 is 0. The van der Waals surface area contributed by atoms with Gasteiger partial charge in [0.15, 0.2) is 0 Å². The fourth-order valence-corrected chi connectivity index (χ4v) is 1.62. The molecule has 2 heteroatoms. The van der Waals surface area contributed by atoms with Gasteiger partial charge in [-0.25, -0.2) is 0 Å². The summed E-state index contributed by atoms with van der Waals surface area (Å²) in [4.78, 5) is 11.4. The Balaban J connectivity index is 3.17. The van der Waals surface area contributed by atoms with Crippen LogP contribution in [0.1, 0.15) is 71.6 Å². The van der Waals surface area contributed by atoms with E-state index >= 15 is 0 Å². The largest absolute Gasteiger partial charge is 0.328 e. The number of ketones is 1. The maximum atomic E-state index is 11.4. The Kier molecular flexibility index (Phi) is 9.91. The van der Waals surface area contributed by atoms with E-state index in [2.05, 4.69) is 6.92 Å². The van der Waals surface area contributed by atoms with Gasteiger partial charge in [0.05, 0.1) is 0 Å². The summed E-state index contributed by atoms with van der Waals surface area (Å²) in [5.41, 5.74) is 5.60. The molecule has 0 fully saturated rings. The number of carbonyl (C=O) groups excluding carboxylic acids is 1. The van der Waals surface area contributed by atoms with Gasteiger partial charge in [0.1, 0.15) is 5.78 Å². The van der Waals surface area contributed by atoms with E-state index in [0.717, 1.165) is 19.3 Å². The molecule has 0 rings (SSSR count). The van der Waals surface area contributed by atoms with Gasteiger partial charge in [0.2, 0.25) is 0 Å². The Bertz CT molecular complexity index is 155. The van der Waals surface area contributed by atoms with Crippen molar-refractivity contribution in [3.63, 3.8) is 0 Å². The topological polar surface area (TPSA) is 43.1 Å². The van der Waals surface area contributed by atoms with Gasteiger partial charge in [-0.15, -0.1) is 0 Å². The van der Waals surface area contributed by atoms with Crippen LogP contribution < -0.4 is 5.73 Å². The van der Waals surface area contributed by atoms with Crippen LogP contribution >= 0.6 is 0 Å². The number of carbonyl (C=O) groups is 1. The zero-order valence-electron chi connectivity index (χ0n) is 10.4. The van der Waals surface area contributed by atoms with Crippen molar-refractivity contribution in [3.05, 3.63) is 0 Å². The number of rotatable bonds is 10. The molecule has 0 heterocycles. The lowest BCUT2D eigenvalue weighted by atomic mass is 10.0. The van der Waals surface area contributed by atoms with E-state index < -0.39 is 0 Å². The van der Waals surface area contributed by atoms with Crippen molar-refractivity contribution in [3.8, 4) is 0 Å². The van der Waals surface area contributed by atoms with Crippen LogP contribution in [0.5, 0.6) is 0 Å². The Hall–Kier alpha value is -0.370. The molecule has 0 aliphatic heterocycles. The van der Waals surface area contributed by atoms with Gasteiger partial charge in [-0.05, 0) is 19.8 Å². The van der Waals surface area contributed by atoms with E-state index in [1.807, 2.05) is 6.92 Å². The molecule has 1 atom stereocenters. The van der Waals surface area contributed by atoms with Gasteiger partial charge in [0.25, 0.3) is 0 Å². The van der Waals surface area contributed by atoms with Crippen molar-refractivity contribution < 1.29 is 4.79 Å². The molecule has 1 unspecified atom stereocenters. The fourth-order valence-electron chi connectivity index (χ4n) is 1.62. The zero-order valence-corrected chi connectivity index (χ0v) is 10.4. The van der Waals surface area contributed by atoms with Crippen LogP contribution in [-0.2, 0) is 4.79 Å². The van der Waals surface area contributed by atoms with E-state index in [4.69, 9.17) is 5.73 Å². The summed E-state index contributed by atoms with van der Waals surface area (Å²) < 4.78 is 0. The Morgan fingerprint density at radius 2 is 1.67 bits per heavy atom. The highest BCUT2D eigenvalue weighted by molar-refractivity contribution is 5.78. The fraction of sp³-hybridized carbons (Fsp3) is 0.923. The average molecular weight is 213 g/mol. The second kappa shape index (κ2) is 10.2. The van der Waals surface area contributed by atoms with Gasteiger partial charge in [0, 0.05) is 18.9 Å². The molecule has 0 aromatic carbocycles. The lowest BCUT2D eigenvalue weighted by molar-refractivity contribution is -0.119. The van der Waals surface area contributed by atoms with Crippen LogP contribution in [0.4, 0.5) is 0 Å². The molecule has 2 nitrogen and oxygen atoms in total. The minimum Gasteiger partial charge on any atom is -0.328 e. The van der Waals surface area contributed by atoms with Crippen LogP contribution in [0, 0.1) is 0 Å². The molecule has 0 aromatic rings. The highest BCUT2D eigenvalue weighted by Crippen LogP contribution is 2.08. The summed E-state index contributed by atoms with van der Waals surface area (Å²) in [5, 5.41) is 0. The third-order valence-electron chi connectivity index (χ3n) is 2.69. The minimum atomic E-state index is 0.165. The van der Waals surface area contributed by atoms with Crippen molar-refractivity contribution in [1.82, 2.24) is 0 Å². The summed E-state index contributed by atoms with van der Waals surface area (Å²) in [7, 11) is 0. The predicted octanol–water partition coefficient (Wildman–Crippen LogP) is 3.43. The van der Waals surface area contributed by atoms with Crippen LogP contribution in [0.2, 0.25) is 0 Å². The first-order valence-corrected chi connectivity index (χ1v) is 6.44. The minimum absolute atomic E-state index is 0.165. The normalized spacial score (nSPS) is 12.7. The van der Waals surface area contributed by atoms with Gasteiger partial charge in [-0.1, -0.05) is 39.0 Å². The first kappa shape index (κ1) is 14.6. The average Bonchev–Trinajstić information content (AvgIpc) is 2.20. The van der Waals surface area contributed by atoms with Crippen molar-refractivity contribution in [2.45, 2.75) is 77.7 Å². The summed E-state index contributed by atoms with van der Waals surface area (Å²) in [6.45, 7) is 4.18. The molecule has 90 valence electrons. The highest BCUT2D eigenvalue weighted by atomic mass is 16.1. The van der Waals surface area contributed by atoms with Gasteiger partial charge in [-0.2, -0.15) is 0 Å². The summed E-state index contributed by atoms with van der Waals surface area (Å²) in [6.07, 6.45) is 9.79. The second-order valence-electron chi connectivity index (χ2n) is 4.57. The first-order valence-electron chi connectivity index (χ1n) is 6.44. The number of unbranched alkanes of at least 4 members (excludes halogenated alkanes) is 5. The molecule has 0 saturated heterocycles. The van der Waals surface area contributed by atoms with E-state index in [0.29, 0.717) is 12.2 Å². The van der Waals surface area contributed by atoms with Crippen molar-refractivity contribution >= 4 is 5.78 Å². The van der Waals surface area contributed by atoms with E-state index in [-0.39, 0.29) is 6.04 Å². The number of Topliss-reactive ketones (excluding diaryl/α,β-unsaturated/α-hetero) is 1. The monoisotopic (exact) mass is 213 g/mol. The van der Waals surface area contributed by atoms with Crippen molar-refractivity contribution in [1.29, 1.82) is 0 Å². The molecule has 2 N–H and O–H groups in total. The Morgan fingerprint density at radius 3 is 2.27 bits per heavy atom. The molecule has 0 aromatic heterocycles. The quantitative estimate of drug-likeness (QED) is 0.565. The van der Waals surface area contributed by atoms with Gasteiger partial charge < -0.3 is 5.73 Å². The first-order chi connectivity index (χ1) is 7.16. The van der Waals surface area contributed by atoms with Crippen molar-refractivity contribution in [2.24, 2.45) is 5.73 Å². The number of hydrogen-bond acceptors (Lipinski definition) is 2. The molecule has 0 bridgehead atoms.